The summed E-state index contributed by atoms with van der Waals surface area (Å²) in [5, 5.41) is 11.8. The molecule has 0 saturated heterocycles. The van der Waals surface area contributed by atoms with Crippen LogP contribution < -0.4 is 10.1 Å². The van der Waals surface area contributed by atoms with Gasteiger partial charge in [0, 0.05) is 11.6 Å². The molecule has 1 unspecified atom stereocenters. The Morgan fingerprint density at radius 3 is 2.58 bits per heavy atom. The van der Waals surface area contributed by atoms with Gasteiger partial charge in [0.05, 0.1) is 18.7 Å². The van der Waals surface area contributed by atoms with Crippen molar-refractivity contribution in [1.82, 2.24) is 5.32 Å². The highest BCUT2D eigenvalue weighted by Crippen LogP contribution is 2.29. The topological polar surface area (TPSA) is 88.8 Å². The van der Waals surface area contributed by atoms with E-state index in [4.69, 9.17) is 14.3 Å². The minimum Gasteiger partial charge on any atom is -0.496 e. The fourth-order valence-electron chi connectivity index (χ4n) is 2.49. The van der Waals surface area contributed by atoms with Gasteiger partial charge in [-0.1, -0.05) is 32.0 Å². The minimum atomic E-state index is -1.14. The molecular weight excluding hydrogens is 310 g/mol. The van der Waals surface area contributed by atoms with Gasteiger partial charge in [0.15, 0.2) is 5.76 Å². The maximum absolute atomic E-state index is 12.4. The van der Waals surface area contributed by atoms with Crippen LogP contribution in [0.4, 0.5) is 0 Å². The molecule has 0 saturated carbocycles. The molecule has 0 fully saturated rings. The van der Waals surface area contributed by atoms with Crippen LogP contribution in [-0.2, 0) is 0 Å². The summed E-state index contributed by atoms with van der Waals surface area (Å²) < 4.78 is 10.4. The number of carboxylic acid groups (broad SMARTS) is 1. The van der Waals surface area contributed by atoms with Crippen molar-refractivity contribution in [3.63, 3.8) is 0 Å². The number of benzene rings is 1. The average Bonchev–Trinajstić information content (AvgIpc) is 3.04. The van der Waals surface area contributed by atoms with Crippen molar-refractivity contribution in [2.75, 3.05) is 7.11 Å². The summed E-state index contributed by atoms with van der Waals surface area (Å²) in [6.45, 7) is 4.12. The van der Waals surface area contributed by atoms with Crippen LogP contribution in [0.1, 0.15) is 52.8 Å². The first-order valence-corrected chi connectivity index (χ1v) is 7.68. The van der Waals surface area contributed by atoms with Crippen molar-refractivity contribution >= 4 is 11.9 Å². The van der Waals surface area contributed by atoms with Crippen LogP contribution in [0.5, 0.6) is 5.75 Å². The molecule has 24 heavy (non-hydrogen) atoms. The second kappa shape index (κ2) is 7.68. The van der Waals surface area contributed by atoms with Crippen LogP contribution in [0.25, 0.3) is 0 Å². The zero-order chi connectivity index (χ0) is 17.7. The zero-order valence-electron chi connectivity index (χ0n) is 13.9. The SMILES string of the molecule is COc1ccccc1C(CC(C)C)NC(=O)c1cc(C(=O)O)co1. The van der Waals surface area contributed by atoms with E-state index in [-0.39, 0.29) is 17.4 Å². The number of carboxylic acids is 1. The van der Waals surface area contributed by atoms with Gasteiger partial charge in [0.25, 0.3) is 5.91 Å². The number of rotatable bonds is 7. The number of para-hydroxylation sites is 1. The monoisotopic (exact) mass is 331 g/mol. The van der Waals surface area contributed by atoms with Gasteiger partial charge in [-0.05, 0) is 18.4 Å². The number of carbonyl (C=O) groups excluding carboxylic acids is 1. The number of aromatic carboxylic acids is 1. The molecule has 1 aromatic heterocycles. The lowest BCUT2D eigenvalue weighted by atomic mass is 9.96. The lowest BCUT2D eigenvalue weighted by molar-refractivity contribution is 0.0695. The normalized spacial score (nSPS) is 12.0. The summed E-state index contributed by atoms with van der Waals surface area (Å²) in [7, 11) is 1.58. The number of nitrogens with one attached hydrogen (secondary N) is 1. The van der Waals surface area contributed by atoms with Crippen molar-refractivity contribution in [2.24, 2.45) is 5.92 Å². The van der Waals surface area contributed by atoms with Crippen molar-refractivity contribution in [1.29, 1.82) is 0 Å². The minimum absolute atomic E-state index is 0.0314. The van der Waals surface area contributed by atoms with Crippen LogP contribution in [0.2, 0.25) is 0 Å². The van der Waals surface area contributed by atoms with Crippen LogP contribution in [0.3, 0.4) is 0 Å². The van der Waals surface area contributed by atoms with E-state index in [1.165, 1.54) is 6.07 Å². The summed E-state index contributed by atoms with van der Waals surface area (Å²) >= 11 is 0. The Bertz CT molecular complexity index is 720. The highest BCUT2D eigenvalue weighted by atomic mass is 16.5. The maximum atomic E-state index is 12.4. The number of amides is 1. The molecule has 2 aromatic rings. The van der Waals surface area contributed by atoms with E-state index in [1.807, 2.05) is 24.3 Å². The molecule has 2 N–H and O–H groups in total. The molecular formula is C18H21NO5. The highest BCUT2D eigenvalue weighted by Gasteiger charge is 2.22. The number of carbonyl (C=O) groups is 2. The van der Waals surface area contributed by atoms with Gasteiger partial charge in [-0.25, -0.2) is 4.79 Å². The maximum Gasteiger partial charge on any atom is 0.338 e. The molecule has 0 bridgehead atoms. The Morgan fingerprint density at radius 1 is 1.29 bits per heavy atom. The van der Waals surface area contributed by atoms with Gasteiger partial charge in [0.1, 0.15) is 12.0 Å². The molecule has 6 nitrogen and oxygen atoms in total. The Morgan fingerprint density at radius 2 is 2.00 bits per heavy atom. The van der Waals surface area contributed by atoms with Crippen molar-refractivity contribution in [2.45, 2.75) is 26.3 Å². The van der Waals surface area contributed by atoms with E-state index in [0.29, 0.717) is 18.1 Å². The molecule has 0 aliphatic heterocycles. The van der Waals surface area contributed by atoms with E-state index in [9.17, 15) is 9.59 Å². The lowest BCUT2D eigenvalue weighted by Crippen LogP contribution is -2.29. The van der Waals surface area contributed by atoms with Crippen molar-refractivity contribution < 1.29 is 23.8 Å². The fraction of sp³-hybridized carbons (Fsp3) is 0.333. The second-order valence-corrected chi connectivity index (χ2v) is 5.90. The Kier molecular flexibility index (Phi) is 5.63. The van der Waals surface area contributed by atoms with Crippen LogP contribution >= 0.6 is 0 Å². The third-order valence-corrected chi connectivity index (χ3v) is 3.60. The molecule has 1 amide bonds. The Balaban J connectivity index is 2.24. The molecule has 0 radical (unpaired) electrons. The summed E-state index contributed by atoms with van der Waals surface area (Å²) in [5.74, 6) is -0.600. The molecule has 0 aliphatic rings. The molecule has 1 heterocycles. The molecule has 0 aliphatic carbocycles. The second-order valence-electron chi connectivity index (χ2n) is 5.90. The largest absolute Gasteiger partial charge is 0.496 e. The molecule has 1 atom stereocenters. The average molecular weight is 331 g/mol. The smallest absolute Gasteiger partial charge is 0.338 e. The number of ether oxygens (including phenoxy) is 1. The predicted molar refractivity (Wildman–Crippen MR) is 88.3 cm³/mol. The van der Waals surface area contributed by atoms with Crippen molar-refractivity contribution in [3.8, 4) is 5.75 Å². The van der Waals surface area contributed by atoms with E-state index < -0.39 is 11.9 Å². The van der Waals surface area contributed by atoms with E-state index in [1.54, 1.807) is 7.11 Å². The summed E-state index contributed by atoms with van der Waals surface area (Å²) in [5.41, 5.74) is 0.810. The van der Waals surface area contributed by atoms with Gasteiger partial charge in [-0.15, -0.1) is 0 Å². The van der Waals surface area contributed by atoms with Gasteiger partial charge >= 0.3 is 5.97 Å². The highest BCUT2D eigenvalue weighted by molar-refractivity contribution is 5.95. The van der Waals surface area contributed by atoms with E-state index in [2.05, 4.69) is 19.2 Å². The molecule has 1 aromatic carbocycles. The summed E-state index contributed by atoms with van der Waals surface area (Å²) in [6, 6.07) is 8.43. The summed E-state index contributed by atoms with van der Waals surface area (Å²) in [6.07, 6.45) is 1.76. The molecule has 2 rings (SSSR count). The van der Waals surface area contributed by atoms with Crippen LogP contribution in [-0.4, -0.2) is 24.1 Å². The fourth-order valence-corrected chi connectivity index (χ4v) is 2.49. The number of methoxy groups -OCH3 is 1. The first kappa shape index (κ1) is 17.6. The third kappa shape index (κ3) is 4.16. The Hall–Kier alpha value is -2.76. The predicted octanol–water partition coefficient (Wildman–Crippen LogP) is 3.50. The quantitative estimate of drug-likeness (QED) is 0.810. The number of furan rings is 1. The standard InChI is InChI=1S/C18H21NO5/c1-11(2)8-14(13-6-4-5-7-15(13)23-3)19-17(20)16-9-12(10-24-16)18(21)22/h4-7,9-11,14H,8H2,1-3H3,(H,19,20)(H,21,22). The lowest BCUT2D eigenvalue weighted by Gasteiger charge is -2.22. The van der Waals surface area contributed by atoms with Crippen LogP contribution in [0, 0.1) is 5.92 Å². The number of hydrogen-bond acceptors (Lipinski definition) is 4. The first-order valence-electron chi connectivity index (χ1n) is 7.68. The van der Waals surface area contributed by atoms with Gasteiger partial charge in [-0.3, -0.25) is 4.79 Å². The zero-order valence-corrected chi connectivity index (χ0v) is 13.9. The van der Waals surface area contributed by atoms with Crippen molar-refractivity contribution in [3.05, 3.63) is 53.5 Å². The molecule has 0 spiro atoms. The number of hydrogen-bond donors (Lipinski definition) is 2. The molecule has 6 heteroatoms. The third-order valence-electron chi connectivity index (χ3n) is 3.60. The molecule has 128 valence electrons. The first-order chi connectivity index (χ1) is 11.4. The van der Waals surface area contributed by atoms with E-state index >= 15 is 0 Å². The Labute approximate surface area is 140 Å². The van der Waals surface area contributed by atoms with Crippen LogP contribution in [0.15, 0.2) is 41.0 Å². The van der Waals surface area contributed by atoms with E-state index in [0.717, 1.165) is 11.8 Å². The summed E-state index contributed by atoms with van der Waals surface area (Å²) in [4.78, 5) is 23.3. The van der Waals surface area contributed by atoms with Gasteiger partial charge < -0.3 is 19.6 Å². The van der Waals surface area contributed by atoms with Gasteiger partial charge in [0.2, 0.25) is 0 Å². The van der Waals surface area contributed by atoms with Gasteiger partial charge in [-0.2, -0.15) is 0 Å².